The Morgan fingerprint density at radius 3 is 2.32 bits per heavy atom. The number of carbonyl (C=O) groups is 2. The van der Waals surface area contributed by atoms with Crippen LogP contribution in [0.3, 0.4) is 0 Å². The predicted octanol–water partition coefficient (Wildman–Crippen LogP) is 1.66. The molecule has 0 aliphatic carbocycles. The van der Waals surface area contributed by atoms with Gasteiger partial charge in [0.2, 0.25) is 10.0 Å². The van der Waals surface area contributed by atoms with E-state index < -0.39 is 15.9 Å². The van der Waals surface area contributed by atoms with Crippen LogP contribution in [0, 0.1) is 0 Å². The summed E-state index contributed by atoms with van der Waals surface area (Å²) >= 11 is 0. The first kappa shape index (κ1) is 21.4. The molecule has 0 saturated heterocycles. The maximum absolute atomic E-state index is 12.6. The molecule has 0 fully saturated rings. The first-order valence-corrected chi connectivity index (χ1v) is 9.83. The van der Waals surface area contributed by atoms with Crippen molar-refractivity contribution in [1.82, 2.24) is 9.21 Å². The van der Waals surface area contributed by atoms with E-state index in [0.717, 1.165) is 4.31 Å². The third-order valence-corrected chi connectivity index (χ3v) is 5.72. The second-order valence-corrected chi connectivity index (χ2v) is 8.46. The molecule has 150 valence electrons. The van der Waals surface area contributed by atoms with Gasteiger partial charge in [-0.25, -0.2) is 12.7 Å². The third kappa shape index (κ3) is 5.08. The Bertz CT molecular complexity index is 971. The Kier molecular flexibility index (Phi) is 6.76. The zero-order chi connectivity index (χ0) is 20.9. The van der Waals surface area contributed by atoms with E-state index in [0.29, 0.717) is 5.75 Å². The van der Waals surface area contributed by atoms with E-state index in [-0.39, 0.29) is 28.7 Å². The zero-order valence-corrected chi connectivity index (χ0v) is 17.0. The van der Waals surface area contributed by atoms with Gasteiger partial charge in [-0.15, -0.1) is 0 Å². The first-order valence-electron chi connectivity index (χ1n) is 8.39. The molecule has 0 heterocycles. The molecule has 2 amide bonds. The third-order valence-electron chi connectivity index (χ3n) is 3.85. The number of nitrogens with zero attached hydrogens (tertiary/aromatic N) is 2. The highest BCUT2D eigenvalue weighted by molar-refractivity contribution is 7.89. The fraction of sp³-hybridized carbons (Fsp3) is 0.263. The Hall–Kier alpha value is -2.91. The predicted molar refractivity (Wildman–Crippen MR) is 106 cm³/mol. The highest BCUT2D eigenvalue weighted by Crippen LogP contribution is 2.24. The van der Waals surface area contributed by atoms with Gasteiger partial charge in [-0.3, -0.25) is 9.59 Å². The lowest BCUT2D eigenvalue weighted by Gasteiger charge is -2.16. The molecule has 0 aliphatic heterocycles. The van der Waals surface area contributed by atoms with Gasteiger partial charge in [-0.2, -0.15) is 0 Å². The van der Waals surface area contributed by atoms with Crippen LogP contribution >= 0.6 is 0 Å². The molecule has 2 aromatic rings. The van der Waals surface area contributed by atoms with Crippen molar-refractivity contribution in [2.75, 3.05) is 40.1 Å². The molecule has 1 N–H and O–H groups in total. The van der Waals surface area contributed by atoms with Crippen molar-refractivity contribution in [3.63, 3.8) is 0 Å². The molecule has 0 aliphatic rings. The average Bonchev–Trinajstić information content (AvgIpc) is 2.66. The van der Waals surface area contributed by atoms with Gasteiger partial charge in [0, 0.05) is 33.8 Å². The molecule has 0 radical (unpaired) electrons. The summed E-state index contributed by atoms with van der Waals surface area (Å²) in [5.41, 5.74) is 0.446. The Morgan fingerprint density at radius 1 is 1.00 bits per heavy atom. The molecule has 0 spiro atoms. The van der Waals surface area contributed by atoms with Gasteiger partial charge in [-0.1, -0.05) is 18.2 Å². The number of hydrogen-bond acceptors (Lipinski definition) is 5. The van der Waals surface area contributed by atoms with Crippen LogP contribution in [0.4, 0.5) is 5.69 Å². The van der Waals surface area contributed by atoms with Crippen molar-refractivity contribution in [2.45, 2.75) is 4.90 Å². The quantitative estimate of drug-likeness (QED) is 0.756. The summed E-state index contributed by atoms with van der Waals surface area (Å²) in [4.78, 5) is 25.6. The lowest BCUT2D eigenvalue weighted by molar-refractivity contribution is -0.130. The summed E-state index contributed by atoms with van der Waals surface area (Å²) in [5, 5.41) is 2.62. The normalized spacial score (nSPS) is 11.2. The van der Waals surface area contributed by atoms with Crippen molar-refractivity contribution in [3.8, 4) is 5.75 Å². The lowest BCUT2D eigenvalue weighted by atomic mass is 10.2. The van der Waals surface area contributed by atoms with Gasteiger partial charge in [-0.05, 0) is 30.3 Å². The zero-order valence-electron chi connectivity index (χ0n) is 16.2. The van der Waals surface area contributed by atoms with Crippen LogP contribution < -0.4 is 10.1 Å². The molecule has 0 atom stereocenters. The number of nitrogens with one attached hydrogen (secondary N) is 1. The second-order valence-electron chi connectivity index (χ2n) is 6.34. The average molecular weight is 405 g/mol. The number of ether oxygens (including phenoxy) is 1. The molecule has 28 heavy (non-hydrogen) atoms. The number of carbonyl (C=O) groups excluding carboxylic acids is 2. The number of amides is 2. The Morgan fingerprint density at radius 2 is 1.68 bits per heavy atom. The molecular weight excluding hydrogens is 382 g/mol. The van der Waals surface area contributed by atoms with E-state index >= 15 is 0 Å². The van der Waals surface area contributed by atoms with E-state index in [1.807, 2.05) is 0 Å². The summed E-state index contributed by atoms with van der Waals surface area (Å²) in [7, 11) is 2.36. The van der Waals surface area contributed by atoms with Gasteiger partial charge in [0.15, 0.2) is 6.61 Å². The monoisotopic (exact) mass is 405 g/mol. The fourth-order valence-electron chi connectivity index (χ4n) is 2.19. The van der Waals surface area contributed by atoms with Gasteiger partial charge in [0.1, 0.15) is 10.6 Å². The minimum Gasteiger partial charge on any atom is -0.484 e. The minimum absolute atomic E-state index is 0.00247. The van der Waals surface area contributed by atoms with Gasteiger partial charge < -0.3 is 15.0 Å². The van der Waals surface area contributed by atoms with Gasteiger partial charge >= 0.3 is 0 Å². The largest absolute Gasteiger partial charge is 0.484 e. The van der Waals surface area contributed by atoms with E-state index in [2.05, 4.69) is 5.32 Å². The molecule has 2 aromatic carbocycles. The molecule has 9 heteroatoms. The minimum atomic E-state index is -3.72. The molecule has 0 bridgehead atoms. The summed E-state index contributed by atoms with van der Waals surface area (Å²) < 4.78 is 31.4. The number of hydrogen-bond donors (Lipinski definition) is 1. The number of anilines is 1. The number of likely N-dealkylation sites (N-methyl/N-ethyl adjacent to an activating group) is 1. The number of para-hydroxylation sites is 1. The molecule has 0 unspecified atom stereocenters. The van der Waals surface area contributed by atoms with E-state index in [9.17, 15) is 18.0 Å². The van der Waals surface area contributed by atoms with Crippen LogP contribution in [0.15, 0.2) is 53.4 Å². The Labute approximate surface area is 164 Å². The maximum Gasteiger partial charge on any atom is 0.259 e. The molecule has 0 aromatic heterocycles. The van der Waals surface area contributed by atoms with Crippen LogP contribution in [0.2, 0.25) is 0 Å². The van der Waals surface area contributed by atoms with Crippen LogP contribution in [0.1, 0.15) is 10.4 Å². The lowest BCUT2D eigenvalue weighted by Crippen LogP contribution is -2.27. The van der Waals surface area contributed by atoms with Gasteiger partial charge in [0.25, 0.3) is 11.8 Å². The van der Waals surface area contributed by atoms with Crippen LogP contribution in [-0.2, 0) is 14.8 Å². The molecular formula is C19H23N3O5S. The number of rotatable bonds is 7. The van der Waals surface area contributed by atoms with E-state index in [1.54, 1.807) is 44.4 Å². The number of sulfonamides is 1. The van der Waals surface area contributed by atoms with Crippen molar-refractivity contribution in [3.05, 3.63) is 54.1 Å². The first-order chi connectivity index (χ1) is 13.1. The highest BCUT2D eigenvalue weighted by Gasteiger charge is 2.22. The van der Waals surface area contributed by atoms with E-state index in [1.165, 1.54) is 37.2 Å². The number of benzene rings is 2. The fourth-order valence-corrected chi connectivity index (χ4v) is 3.23. The molecule has 8 nitrogen and oxygen atoms in total. The van der Waals surface area contributed by atoms with Crippen molar-refractivity contribution >= 4 is 27.5 Å². The maximum atomic E-state index is 12.6. The smallest absolute Gasteiger partial charge is 0.259 e. The summed E-state index contributed by atoms with van der Waals surface area (Å²) in [5.74, 6) is -0.347. The van der Waals surface area contributed by atoms with Crippen LogP contribution in [0.25, 0.3) is 0 Å². The van der Waals surface area contributed by atoms with Crippen molar-refractivity contribution in [1.29, 1.82) is 0 Å². The SMILES string of the molecule is CN(C)C(=O)COc1cccc(C(=O)Nc2ccccc2S(=O)(=O)N(C)C)c1. The second kappa shape index (κ2) is 8.85. The summed E-state index contributed by atoms with van der Waals surface area (Å²) in [6.45, 7) is -0.151. The van der Waals surface area contributed by atoms with Crippen molar-refractivity contribution in [2.24, 2.45) is 0 Å². The Balaban J connectivity index is 2.21. The molecule has 0 saturated carbocycles. The van der Waals surface area contributed by atoms with E-state index in [4.69, 9.17) is 4.74 Å². The van der Waals surface area contributed by atoms with Gasteiger partial charge in [0.05, 0.1) is 5.69 Å². The topological polar surface area (TPSA) is 96.0 Å². The summed E-state index contributed by atoms with van der Waals surface area (Å²) in [6, 6.07) is 12.5. The van der Waals surface area contributed by atoms with Crippen LogP contribution in [0.5, 0.6) is 5.75 Å². The summed E-state index contributed by atoms with van der Waals surface area (Å²) in [6.07, 6.45) is 0. The molecule has 2 rings (SSSR count). The highest BCUT2D eigenvalue weighted by atomic mass is 32.2. The standard InChI is InChI=1S/C19H23N3O5S/c1-21(2)18(23)13-27-15-9-7-8-14(12-15)19(24)20-16-10-5-6-11-17(16)28(25,26)22(3)4/h5-12H,13H2,1-4H3,(H,20,24). The van der Waals surface area contributed by atoms with Crippen LogP contribution in [-0.4, -0.2) is 64.2 Å². The van der Waals surface area contributed by atoms with Crippen molar-refractivity contribution < 1.29 is 22.7 Å².